The first kappa shape index (κ1) is 17.4. The summed E-state index contributed by atoms with van der Waals surface area (Å²) in [5, 5.41) is 0. The quantitative estimate of drug-likeness (QED) is 0.780. The Labute approximate surface area is 147 Å². The minimum Gasteiger partial charge on any atom is -0.451 e. The monoisotopic (exact) mass is 360 g/mol. The Morgan fingerprint density at radius 3 is 2.36 bits per heavy atom. The van der Waals surface area contributed by atoms with Gasteiger partial charge in [0.1, 0.15) is 17.2 Å². The topological polar surface area (TPSA) is 52.6 Å². The van der Waals surface area contributed by atoms with Gasteiger partial charge in [-0.1, -0.05) is 24.3 Å². The van der Waals surface area contributed by atoms with Crippen molar-refractivity contribution < 1.29 is 22.3 Å². The van der Waals surface area contributed by atoms with Gasteiger partial charge in [-0.25, -0.2) is 13.4 Å². The van der Waals surface area contributed by atoms with Gasteiger partial charge in [-0.05, 0) is 49.2 Å². The van der Waals surface area contributed by atoms with E-state index in [4.69, 9.17) is 8.92 Å². The highest BCUT2D eigenvalue weighted by Crippen LogP contribution is 2.44. The molecule has 1 atom stereocenters. The molecule has 0 aromatic heterocycles. The van der Waals surface area contributed by atoms with Crippen LogP contribution in [-0.2, 0) is 20.6 Å². The zero-order valence-corrected chi connectivity index (χ0v) is 14.9. The van der Waals surface area contributed by atoms with Crippen molar-refractivity contribution in [1.82, 2.24) is 0 Å². The molecule has 0 radical (unpaired) electrons. The summed E-state index contributed by atoms with van der Waals surface area (Å²) in [4.78, 5) is 12.4. The van der Waals surface area contributed by atoms with Crippen LogP contribution >= 0.6 is 0 Å². The number of benzene rings is 2. The molecule has 2 aromatic carbocycles. The Morgan fingerprint density at radius 2 is 1.76 bits per heavy atom. The second-order valence-corrected chi connectivity index (χ2v) is 7.14. The first-order valence-corrected chi connectivity index (χ1v) is 9.12. The third-order valence-corrected chi connectivity index (χ3v) is 4.30. The van der Waals surface area contributed by atoms with E-state index in [9.17, 15) is 13.4 Å². The Hall–Kier alpha value is -2.47. The number of halogens is 1. The Bertz CT molecular complexity index is 885. The summed E-state index contributed by atoms with van der Waals surface area (Å²) < 4.78 is 35.4. The fourth-order valence-corrected chi connectivity index (χ4v) is 3.33. The molecule has 1 aliphatic heterocycles. The maximum absolute atomic E-state index is 13.6. The highest BCUT2D eigenvalue weighted by Gasteiger charge is 2.41. The molecular formula is C19H17FO4S. The van der Waals surface area contributed by atoms with Crippen molar-refractivity contribution in [3.63, 3.8) is 0 Å². The van der Waals surface area contributed by atoms with Crippen molar-refractivity contribution in [2.75, 3.05) is 6.26 Å². The third-order valence-electron chi connectivity index (χ3n) is 3.87. The predicted molar refractivity (Wildman–Crippen MR) is 94.5 cm³/mol. The molecule has 6 heteroatoms. The molecule has 130 valence electrons. The van der Waals surface area contributed by atoms with Crippen molar-refractivity contribution >= 4 is 28.2 Å². The Kier molecular flexibility index (Phi) is 4.47. The summed E-state index contributed by atoms with van der Waals surface area (Å²) in [5.41, 5.74) is 1.39. The summed E-state index contributed by atoms with van der Waals surface area (Å²) >= 11 is -1.42. The van der Waals surface area contributed by atoms with Gasteiger partial charge in [0.15, 0.2) is 0 Å². The molecule has 1 heterocycles. The van der Waals surface area contributed by atoms with Gasteiger partial charge in [0.05, 0.1) is 5.57 Å². The standard InChI is InChI=1S/C19H17FO4S/c1-19(2)17(12-7-9-15(10-8-12)24-25(3)22)16(18(21)23-19)13-5-4-6-14(20)11-13/h4-11H,1-3H3. The molecule has 0 N–H and O–H groups in total. The second kappa shape index (κ2) is 6.44. The molecule has 0 saturated heterocycles. The van der Waals surface area contributed by atoms with E-state index < -0.39 is 28.5 Å². The van der Waals surface area contributed by atoms with Crippen LogP contribution in [0.25, 0.3) is 11.1 Å². The molecule has 1 unspecified atom stereocenters. The molecule has 0 amide bonds. The minimum absolute atomic E-state index is 0.345. The predicted octanol–water partition coefficient (Wildman–Crippen LogP) is 3.74. The smallest absolute Gasteiger partial charge is 0.340 e. The maximum atomic E-state index is 13.6. The summed E-state index contributed by atoms with van der Waals surface area (Å²) in [6.07, 6.45) is 1.44. The van der Waals surface area contributed by atoms with E-state index >= 15 is 0 Å². The summed E-state index contributed by atoms with van der Waals surface area (Å²) in [6, 6.07) is 12.8. The third kappa shape index (κ3) is 3.49. The van der Waals surface area contributed by atoms with Gasteiger partial charge >= 0.3 is 5.97 Å². The van der Waals surface area contributed by atoms with Crippen LogP contribution < -0.4 is 4.18 Å². The molecule has 2 aromatic rings. The van der Waals surface area contributed by atoms with E-state index in [1.165, 1.54) is 18.4 Å². The minimum atomic E-state index is -1.42. The zero-order valence-electron chi connectivity index (χ0n) is 14.0. The molecule has 0 bridgehead atoms. The highest BCUT2D eigenvalue weighted by atomic mass is 32.2. The largest absolute Gasteiger partial charge is 0.451 e. The van der Waals surface area contributed by atoms with Crippen molar-refractivity contribution in [3.8, 4) is 5.75 Å². The number of esters is 1. The number of ether oxygens (including phenoxy) is 1. The van der Waals surface area contributed by atoms with Crippen LogP contribution in [0, 0.1) is 5.82 Å². The molecule has 0 aliphatic carbocycles. The highest BCUT2D eigenvalue weighted by molar-refractivity contribution is 7.79. The van der Waals surface area contributed by atoms with Crippen LogP contribution in [0.15, 0.2) is 48.5 Å². The van der Waals surface area contributed by atoms with Crippen molar-refractivity contribution in [3.05, 3.63) is 65.5 Å². The number of hydrogen-bond acceptors (Lipinski definition) is 4. The SMILES string of the molecule is CS(=O)Oc1ccc(C2=C(c3cccc(F)c3)C(=O)OC2(C)C)cc1. The number of hydrogen-bond donors (Lipinski definition) is 0. The average molecular weight is 360 g/mol. The van der Waals surface area contributed by atoms with Crippen LogP contribution in [0.3, 0.4) is 0 Å². The normalized spacial score (nSPS) is 17.4. The summed E-state index contributed by atoms with van der Waals surface area (Å²) in [5.74, 6) is -0.447. The summed E-state index contributed by atoms with van der Waals surface area (Å²) in [6.45, 7) is 3.58. The molecule has 0 saturated carbocycles. The molecule has 4 nitrogen and oxygen atoms in total. The van der Waals surface area contributed by atoms with E-state index in [1.807, 2.05) is 0 Å². The van der Waals surface area contributed by atoms with Crippen LogP contribution in [0.4, 0.5) is 4.39 Å². The molecule has 3 rings (SSSR count). The van der Waals surface area contributed by atoms with Gasteiger partial charge in [-0.15, -0.1) is 0 Å². The van der Waals surface area contributed by atoms with Gasteiger partial charge in [-0.2, -0.15) is 0 Å². The summed E-state index contributed by atoms with van der Waals surface area (Å²) in [7, 11) is 0. The van der Waals surface area contributed by atoms with Gasteiger partial charge in [0, 0.05) is 11.8 Å². The van der Waals surface area contributed by atoms with E-state index in [2.05, 4.69) is 0 Å². The number of rotatable bonds is 4. The van der Waals surface area contributed by atoms with Gasteiger partial charge < -0.3 is 8.92 Å². The van der Waals surface area contributed by atoms with Crippen LogP contribution in [0.5, 0.6) is 5.75 Å². The van der Waals surface area contributed by atoms with Gasteiger partial charge in [0.2, 0.25) is 11.1 Å². The maximum Gasteiger partial charge on any atom is 0.340 e. The molecular weight excluding hydrogens is 343 g/mol. The lowest BCUT2D eigenvalue weighted by Gasteiger charge is -2.21. The number of cyclic esters (lactones) is 1. The van der Waals surface area contributed by atoms with Crippen molar-refractivity contribution in [2.24, 2.45) is 0 Å². The number of carbonyl (C=O) groups is 1. The van der Waals surface area contributed by atoms with E-state index in [1.54, 1.807) is 50.2 Å². The average Bonchev–Trinajstić information content (AvgIpc) is 2.76. The van der Waals surface area contributed by atoms with E-state index in [0.717, 1.165) is 5.56 Å². The first-order valence-electron chi connectivity index (χ1n) is 7.64. The Morgan fingerprint density at radius 1 is 1.08 bits per heavy atom. The van der Waals surface area contributed by atoms with Crippen LogP contribution in [-0.4, -0.2) is 22.0 Å². The zero-order chi connectivity index (χ0) is 18.2. The lowest BCUT2D eigenvalue weighted by atomic mass is 9.87. The van der Waals surface area contributed by atoms with Crippen LogP contribution in [0.2, 0.25) is 0 Å². The lowest BCUT2D eigenvalue weighted by Crippen LogP contribution is -2.22. The van der Waals surface area contributed by atoms with Crippen LogP contribution in [0.1, 0.15) is 25.0 Å². The van der Waals surface area contributed by atoms with Gasteiger partial charge in [0.25, 0.3) is 0 Å². The fourth-order valence-electron chi connectivity index (χ4n) is 2.95. The second-order valence-electron chi connectivity index (χ2n) is 6.17. The van der Waals surface area contributed by atoms with E-state index in [-0.39, 0.29) is 0 Å². The molecule has 0 fully saturated rings. The molecule has 1 aliphatic rings. The fraction of sp³-hybridized carbons (Fsp3) is 0.211. The first-order chi connectivity index (χ1) is 11.8. The van der Waals surface area contributed by atoms with Gasteiger partial charge in [-0.3, -0.25) is 0 Å². The molecule has 25 heavy (non-hydrogen) atoms. The Balaban J connectivity index is 2.13. The van der Waals surface area contributed by atoms with E-state index in [0.29, 0.717) is 22.5 Å². The van der Waals surface area contributed by atoms with Crippen molar-refractivity contribution in [2.45, 2.75) is 19.4 Å². The lowest BCUT2D eigenvalue weighted by molar-refractivity contribution is -0.141. The molecule has 0 spiro atoms. The van der Waals surface area contributed by atoms with Crippen molar-refractivity contribution in [1.29, 1.82) is 0 Å². The number of carbonyl (C=O) groups excluding carboxylic acids is 1.